The number of aryl methyl sites for hydroxylation is 2. The molecule has 1 fully saturated rings. The van der Waals surface area contributed by atoms with E-state index >= 15 is 0 Å². The van der Waals surface area contributed by atoms with E-state index in [1.54, 1.807) is 7.11 Å². The van der Waals surface area contributed by atoms with Gasteiger partial charge in [-0.25, -0.2) is 4.68 Å². The average molecular weight is 467 g/mol. The molecule has 2 aliphatic heterocycles. The average Bonchev–Trinajstić information content (AvgIpc) is 3.41. The molecule has 0 aliphatic carbocycles. The van der Waals surface area contributed by atoms with E-state index in [0.29, 0.717) is 39.2 Å². The minimum absolute atomic E-state index is 0.0554. The van der Waals surface area contributed by atoms with Crippen LogP contribution >= 0.6 is 0 Å². The van der Waals surface area contributed by atoms with Crippen molar-refractivity contribution < 1.29 is 18.8 Å². The Balaban J connectivity index is 1.15. The number of amides is 1. The van der Waals surface area contributed by atoms with Crippen molar-refractivity contribution in [3.8, 4) is 5.75 Å². The number of hydrogen-bond acceptors (Lipinski definition) is 8. The van der Waals surface area contributed by atoms with Gasteiger partial charge in [0.05, 0.1) is 38.1 Å². The molecule has 0 unspecified atom stereocenters. The number of piperazine rings is 1. The largest absolute Gasteiger partial charge is 0.497 e. The summed E-state index contributed by atoms with van der Waals surface area (Å²) in [5.41, 5.74) is 4.76. The maximum atomic E-state index is 12.8. The maximum Gasteiger partial charge on any atom is 0.227 e. The van der Waals surface area contributed by atoms with Crippen LogP contribution < -0.4 is 4.74 Å². The first-order chi connectivity index (χ1) is 16.5. The highest BCUT2D eigenvalue weighted by atomic mass is 16.5. The van der Waals surface area contributed by atoms with Crippen molar-refractivity contribution in [1.82, 2.24) is 30.0 Å². The van der Waals surface area contributed by atoms with Gasteiger partial charge >= 0.3 is 0 Å². The van der Waals surface area contributed by atoms with Gasteiger partial charge in [-0.3, -0.25) is 9.69 Å². The van der Waals surface area contributed by atoms with Crippen LogP contribution in [0.15, 0.2) is 28.8 Å². The number of carbonyl (C=O) groups excluding carboxylic acids is 1. The van der Waals surface area contributed by atoms with E-state index in [1.165, 1.54) is 0 Å². The van der Waals surface area contributed by atoms with Crippen LogP contribution in [0.2, 0.25) is 0 Å². The van der Waals surface area contributed by atoms with Crippen molar-refractivity contribution in [3.05, 3.63) is 58.2 Å². The number of methoxy groups -OCH3 is 1. The zero-order valence-electron chi connectivity index (χ0n) is 19.9. The first-order valence-corrected chi connectivity index (χ1v) is 11.6. The molecule has 0 saturated carbocycles. The van der Waals surface area contributed by atoms with Crippen LogP contribution in [0.25, 0.3) is 0 Å². The molecular formula is C24H30N6O4. The topological polar surface area (TPSA) is 98.8 Å². The SMILES string of the molecule is COc1ccc([C@@H]2Cn3nnc(CN4CCN(C(=O)Cc5c(C)noc5C)CC4)c3CO2)cc1. The second-order valence-electron chi connectivity index (χ2n) is 8.87. The Morgan fingerprint density at radius 2 is 1.91 bits per heavy atom. The van der Waals surface area contributed by atoms with Gasteiger partial charge in [-0.2, -0.15) is 0 Å². The molecule has 3 aromatic rings. The molecule has 1 saturated heterocycles. The Kier molecular flexibility index (Phi) is 6.34. The fraction of sp³-hybridized carbons (Fsp3) is 0.500. The third-order valence-electron chi connectivity index (χ3n) is 6.77. The fourth-order valence-corrected chi connectivity index (χ4v) is 4.59. The van der Waals surface area contributed by atoms with Gasteiger partial charge in [0.1, 0.15) is 23.3 Å². The number of carbonyl (C=O) groups is 1. The maximum absolute atomic E-state index is 12.8. The first-order valence-electron chi connectivity index (χ1n) is 11.6. The summed E-state index contributed by atoms with van der Waals surface area (Å²) in [6.07, 6.45) is 0.284. The van der Waals surface area contributed by atoms with Crippen LogP contribution in [0.5, 0.6) is 5.75 Å². The number of nitrogens with zero attached hydrogens (tertiary/aromatic N) is 6. The molecule has 180 valence electrons. The van der Waals surface area contributed by atoms with Gasteiger partial charge in [0.15, 0.2) is 0 Å². The monoisotopic (exact) mass is 466 g/mol. The lowest BCUT2D eigenvalue weighted by atomic mass is 10.1. The number of fused-ring (bicyclic) bond motifs is 1. The molecule has 10 nitrogen and oxygen atoms in total. The summed E-state index contributed by atoms with van der Waals surface area (Å²) in [4.78, 5) is 17.0. The van der Waals surface area contributed by atoms with E-state index in [0.717, 1.165) is 52.8 Å². The number of benzene rings is 1. The Morgan fingerprint density at radius 1 is 1.15 bits per heavy atom. The predicted molar refractivity (Wildman–Crippen MR) is 122 cm³/mol. The standard InChI is InChI=1S/C24H30N6O4/c1-16-20(17(2)34-26-16)12-24(31)29-10-8-28(9-11-29)13-21-22-15-33-23(14-30(22)27-25-21)18-4-6-19(32-3)7-5-18/h4-7,23H,8-15H2,1-3H3/t23-/m0/s1. The lowest BCUT2D eigenvalue weighted by Gasteiger charge is -2.34. The van der Waals surface area contributed by atoms with Gasteiger partial charge < -0.3 is 18.9 Å². The zero-order valence-corrected chi connectivity index (χ0v) is 19.9. The van der Waals surface area contributed by atoms with Crippen LogP contribution in [0, 0.1) is 13.8 Å². The van der Waals surface area contributed by atoms with Gasteiger partial charge in [0, 0.05) is 38.3 Å². The van der Waals surface area contributed by atoms with Crippen molar-refractivity contribution in [2.75, 3.05) is 33.3 Å². The molecule has 0 radical (unpaired) electrons. The van der Waals surface area contributed by atoms with Crippen LogP contribution in [-0.2, 0) is 35.6 Å². The van der Waals surface area contributed by atoms with Crippen molar-refractivity contribution in [1.29, 1.82) is 0 Å². The molecule has 2 aromatic heterocycles. The normalized spacial score (nSPS) is 18.7. The van der Waals surface area contributed by atoms with Crippen molar-refractivity contribution in [2.24, 2.45) is 0 Å². The molecule has 10 heteroatoms. The van der Waals surface area contributed by atoms with Gasteiger partial charge in [-0.05, 0) is 31.5 Å². The van der Waals surface area contributed by atoms with Crippen LogP contribution in [0.4, 0.5) is 0 Å². The summed E-state index contributed by atoms with van der Waals surface area (Å²) < 4.78 is 18.5. The smallest absolute Gasteiger partial charge is 0.227 e. The van der Waals surface area contributed by atoms with E-state index in [4.69, 9.17) is 14.0 Å². The molecule has 34 heavy (non-hydrogen) atoms. The van der Waals surface area contributed by atoms with Gasteiger partial charge in [0.25, 0.3) is 0 Å². The van der Waals surface area contributed by atoms with Gasteiger partial charge in [-0.15, -0.1) is 5.10 Å². The second kappa shape index (κ2) is 9.55. The molecule has 1 atom stereocenters. The highest BCUT2D eigenvalue weighted by molar-refractivity contribution is 5.79. The van der Waals surface area contributed by atoms with Gasteiger partial charge in [-0.1, -0.05) is 22.5 Å². The minimum Gasteiger partial charge on any atom is -0.497 e. The highest BCUT2D eigenvalue weighted by Gasteiger charge is 2.28. The second-order valence-corrected chi connectivity index (χ2v) is 8.87. The third-order valence-corrected chi connectivity index (χ3v) is 6.77. The van der Waals surface area contributed by atoms with E-state index < -0.39 is 0 Å². The van der Waals surface area contributed by atoms with Crippen molar-refractivity contribution in [3.63, 3.8) is 0 Å². The molecule has 1 aromatic carbocycles. The lowest BCUT2D eigenvalue weighted by molar-refractivity contribution is -0.132. The minimum atomic E-state index is -0.0554. The van der Waals surface area contributed by atoms with Crippen LogP contribution in [-0.4, -0.2) is 69.1 Å². The number of ether oxygens (including phenoxy) is 2. The summed E-state index contributed by atoms with van der Waals surface area (Å²) in [5, 5.41) is 12.8. The van der Waals surface area contributed by atoms with E-state index in [1.807, 2.05) is 47.7 Å². The number of rotatable bonds is 6. The summed E-state index contributed by atoms with van der Waals surface area (Å²) >= 11 is 0. The summed E-state index contributed by atoms with van der Waals surface area (Å²) in [7, 11) is 1.66. The van der Waals surface area contributed by atoms with E-state index in [9.17, 15) is 4.79 Å². The van der Waals surface area contributed by atoms with Crippen molar-refractivity contribution >= 4 is 5.91 Å². The quantitative estimate of drug-likeness (QED) is 0.544. The van der Waals surface area contributed by atoms with E-state index in [-0.39, 0.29) is 12.0 Å². The van der Waals surface area contributed by atoms with Crippen molar-refractivity contribution in [2.45, 2.75) is 46.1 Å². The molecule has 1 amide bonds. The summed E-state index contributed by atoms with van der Waals surface area (Å²) in [5.74, 6) is 1.67. The molecule has 0 bridgehead atoms. The van der Waals surface area contributed by atoms with E-state index in [2.05, 4.69) is 20.4 Å². The van der Waals surface area contributed by atoms with Gasteiger partial charge in [0.2, 0.25) is 5.91 Å². The number of aromatic nitrogens is 4. The Bertz CT molecular complexity index is 1130. The number of hydrogen-bond donors (Lipinski definition) is 0. The lowest BCUT2D eigenvalue weighted by Crippen LogP contribution is -2.48. The highest BCUT2D eigenvalue weighted by Crippen LogP contribution is 2.28. The molecule has 0 N–H and O–H groups in total. The Hall–Kier alpha value is -3.24. The molecular weight excluding hydrogens is 436 g/mol. The van der Waals surface area contributed by atoms with Crippen LogP contribution in [0.3, 0.4) is 0 Å². The molecule has 4 heterocycles. The third kappa shape index (κ3) is 4.55. The molecule has 2 aliphatic rings. The predicted octanol–water partition coefficient (Wildman–Crippen LogP) is 2.05. The Labute approximate surface area is 198 Å². The van der Waals surface area contributed by atoms with Crippen LogP contribution in [0.1, 0.15) is 40.1 Å². The fourth-order valence-electron chi connectivity index (χ4n) is 4.59. The summed E-state index contributed by atoms with van der Waals surface area (Å²) in [6, 6.07) is 7.94. The molecule has 0 spiro atoms. The Morgan fingerprint density at radius 3 is 2.59 bits per heavy atom. The zero-order chi connectivity index (χ0) is 23.7. The first kappa shape index (κ1) is 22.5. The summed E-state index contributed by atoms with van der Waals surface area (Å²) in [6.45, 7) is 8.54. The molecule has 5 rings (SSSR count).